The van der Waals surface area contributed by atoms with Crippen LogP contribution < -0.4 is 5.32 Å². The average Bonchev–Trinajstić information content (AvgIpc) is 2.04. The van der Waals surface area contributed by atoms with Crippen LogP contribution in [0.4, 0.5) is 11.5 Å². The molecule has 1 N–H and O–H groups in total. The smallest absolute Gasteiger partial charge is 0.329 e. The summed E-state index contributed by atoms with van der Waals surface area (Å²) in [6, 6.07) is 0. The fourth-order valence-corrected chi connectivity index (χ4v) is 0.918. The Morgan fingerprint density at radius 3 is 3.00 bits per heavy atom. The van der Waals surface area contributed by atoms with E-state index in [-0.39, 0.29) is 16.8 Å². The van der Waals surface area contributed by atoms with Gasteiger partial charge in [-0.2, -0.15) is 4.98 Å². The van der Waals surface area contributed by atoms with Crippen molar-refractivity contribution in [3.63, 3.8) is 0 Å². The fraction of sp³-hybridized carbons (Fsp3) is 0.333. The van der Waals surface area contributed by atoms with E-state index in [0.717, 1.165) is 6.20 Å². The second-order valence-corrected chi connectivity index (χ2v) is 2.50. The quantitative estimate of drug-likeness (QED) is 0.456. The maximum atomic E-state index is 10.5. The summed E-state index contributed by atoms with van der Waals surface area (Å²) in [6.45, 7) is 2.34. The normalized spacial score (nSPS) is 9.69. The summed E-state index contributed by atoms with van der Waals surface area (Å²) in [7, 11) is 0. The second kappa shape index (κ2) is 3.99. The number of nitrogens with one attached hydrogen (secondary N) is 1. The molecule has 0 radical (unpaired) electrons. The molecule has 1 aromatic heterocycles. The van der Waals surface area contributed by atoms with Crippen LogP contribution in [-0.2, 0) is 0 Å². The van der Waals surface area contributed by atoms with Crippen LogP contribution in [0.15, 0.2) is 6.20 Å². The van der Waals surface area contributed by atoms with Gasteiger partial charge in [-0.25, -0.2) is 4.98 Å². The maximum absolute atomic E-state index is 10.5. The standard InChI is InChI=1S/C6H7ClN4O2/c1-2-8-5-4(11(12)13)3-9-6(7)10-5/h3H,2H2,1H3,(H,8,9,10). The third-order valence-corrected chi connectivity index (χ3v) is 1.46. The largest absolute Gasteiger partial charge is 0.364 e. The Morgan fingerprint density at radius 2 is 2.46 bits per heavy atom. The Morgan fingerprint density at radius 1 is 1.77 bits per heavy atom. The molecule has 6 nitrogen and oxygen atoms in total. The molecule has 0 saturated heterocycles. The van der Waals surface area contributed by atoms with E-state index in [1.165, 1.54) is 0 Å². The molecule has 70 valence electrons. The van der Waals surface area contributed by atoms with Gasteiger partial charge in [0, 0.05) is 6.54 Å². The highest BCUT2D eigenvalue weighted by Gasteiger charge is 2.15. The summed E-state index contributed by atoms with van der Waals surface area (Å²) < 4.78 is 0. The number of hydrogen-bond donors (Lipinski definition) is 1. The van der Waals surface area contributed by atoms with Crippen LogP contribution in [0.1, 0.15) is 6.92 Å². The third kappa shape index (κ3) is 2.25. The molecular weight excluding hydrogens is 196 g/mol. The summed E-state index contributed by atoms with van der Waals surface area (Å²) in [5.41, 5.74) is -0.175. The highest BCUT2D eigenvalue weighted by Crippen LogP contribution is 2.21. The predicted octanol–water partition coefficient (Wildman–Crippen LogP) is 1.47. The summed E-state index contributed by atoms with van der Waals surface area (Å²) in [6.07, 6.45) is 1.08. The highest BCUT2D eigenvalue weighted by molar-refractivity contribution is 6.28. The van der Waals surface area contributed by atoms with Gasteiger partial charge in [0.25, 0.3) is 0 Å². The van der Waals surface area contributed by atoms with E-state index in [1.54, 1.807) is 6.92 Å². The van der Waals surface area contributed by atoms with Gasteiger partial charge in [0.15, 0.2) is 0 Å². The molecule has 0 aliphatic rings. The minimum atomic E-state index is -0.561. The summed E-state index contributed by atoms with van der Waals surface area (Å²) in [5, 5.41) is 13.2. The molecule has 1 rings (SSSR count). The van der Waals surface area contributed by atoms with Crippen LogP contribution in [0, 0.1) is 10.1 Å². The van der Waals surface area contributed by atoms with Gasteiger partial charge in [0.1, 0.15) is 6.20 Å². The molecule has 0 bridgehead atoms. The molecule has 0 aliphatic carbocycles. The molecule has 0 saturated carbocycles. The molecule has 0 aliphatic heterocycles. The molecule has 0 atom stereocenters. The lowest BCUT2D eigenvalue weighted by Gasteiger charge is -2.01. The second-order valence-electron chi connectivity index (χ2n) is 2.16. The van der Waals surface area contributed by atoms with E-state index >= 15 is 0 Å². The van der Waals surface area contributed by atoms with Crippen molar-refractivity contribution < 1.29 is 4.92 Å². The van der Waals surface area contributed by atoms with Crippen LogP contribution in [0.2, 0.25) is 5.28 Å². The van der Waals surface area contributed by atoms with Crippen LogP contribution in [0.5, 0.6) is 0 Å². The van der Waals surface area contributed by atoms with Gasteiger partial charge in [-0.05, 0) is 18.5 Å². The molecular formula is C6H7ClN4O2. The number of aromatic nitrogens is 2. The van der Waals surface area contributed by atoms with Crippen LogP contribution in [-0.4, -0.2) is 21.4 Å². The van der Waals surface area contributed by atoms with Gasteiger partial charge in [-0.1, -0.05) is 0 Å². The van der Waals surface area contributed by atoms with Crippen molar-refractivity contribution >= 4 is 23.1 Å². The van der Waals surface area contributed by atoms with Crippen molar-refractivity contribution in [3.8, 4) is 0 Å². The first-order valence-corrected chi connectivity index (χ1v) is 3.93. The number of nitrogens with zero attached hydrogens (tertiary/aromatic N) is 3. The van der Waals surface area contributed by atoms with Gasteiger partial charge >= 0.3 is 5.69 Å². The molecule has 0 fully saturated rings. The van der Waals surface area contributed by atoms with Crippen molar-refractivity contribution in [2.75, 3.05) is 11.9 Å². The number of anilines is 1. The minimum Gasteiger partial charge on any atom is -0.364 e. The lowest BCUT2D eigenvalue weighted by Crippen LogP contribution is -2.04. The molecule has 0 unspecified atom stereocenters. The SMILES string of the molecule is CCNc1nc(Cl)ncc1[N+](=O)[O-]. The summed E-state index contributed by atoms with van der Waals surface area (Å²) >= 11 is 5.47. The van der Waals surface area contributed by atoms with Gasteiger partial charge in [0.2, 0.25) is 11.1 Å². The van der Waals surface area contributed by atoms with E-state index in [2.05, 4.69) is 15.3 Å². The Bertz CT molecular complexity index is 330. The molecule has 1 aromatic rings. The topological polar surface area (TPSA) is 81.0 Å². The Kier molecular flexibility index (Phi) is 2.97. The molecule has 0 aromatic carbocycles. The van der Waals surface area contributed by atoms with Gasteiger partial charge in [0.05, 0.1) is 4.92 Å². The zero-order valence-corrected chi connectivity index (χ0v) is 7.58. The molecule has 1 heterocycles. The number of halogens is 1. The molecule has 13 heavy (non-hydrogen) atoms. The molecule has 0 amide bonds. The Labute approximate surface area is 79.1 Å². The first-order valence-electron chi connectivity index (χ1n) is 3.56. The van der Waals surface area contributed by atoms with Crippen molar-refractivity contribution in [3.05, 3.63) is 21.6 Å². The van der Waals surface area contributed by atoms with Crippen LogP contribution in [0.3, 0.4) is 0 Å². The summed E-state index contributed by atoms with van der Waals surface area (Å²) in [5.74, 6) is 0.146. The predicted molar refractivity (Wildman–Crippen MR) is 47.9 cm³/mol. The fourth-order valence-electron chi connectivity index (χ4n) is 0.785. The van der Waals surface area contributed by atoms with Gasteiger partial charge in [-0.15, -0.1) is 0 Å². The Balaban J connectivity index is 3.10. The zero-order valence-electron chi connectivity index (χ0n) is 6.82. The van der Waals surface area contributed by atoms with Crippen LogP contribution in [0.25, 0.3) is 0 Å². The van der Waals surface area contributed by atoms with Crippen molar-refractivity contribution in [1.29, 1.82) is 0 Å². The lowest BCUT2D eigenvalue weighted by molar-refractivity contribution is -0.384. The first-order chi connectivity index (χ1) is 6.15. The highest BCUT2D eigenvalue weighted by atomic mass is 35.5. The minimum absolute atomic E-state index is 0.0125. The van der Waals surface area contributed by atoms with Crippen molar-refractivity contribution in [2.24, 2.45) is 0 Å². The monoisotopic (exact) mass is 202 g/mol. The van der Waals surface area contributed by atoms with Crippen molar-refractivity contribution in [1.82, 2.24) is 9.97 Å². The third-order valence-electron chi connectivity index (χ3n) is 1.28. The Hall–Kier alpha value is -1.43. The van der Waals surface area contributed by atoms with Gasteiger partial charge < -0.3 is 5.32 Å². The van der Waals surface area contributed by atoms with E-state index in [9.17, 15) is 10.1 Å². The zero-order chi connectivity index (χ0) is 9.84. The average molecular weight is 203 g/mol. The van der Waals surface area contributed by atoms with Crippen LogP contribution >= 0.6 is 11.6 Å². The number of nitro groups is 1. The maximum Gasteiger partial charge on any atom is 0.329 e. The molecule has 7 heteroatoms. The van der Waals surface area contributed by atoms with Crippen molar-refractivity contribution in [2.45, 2.75) is 6.92 Å². The van der Waals surface area contributed by atoms with E-state index in [4.69, 9.17) is 11.6 Å². The van der Waals surface area contributed by atoms with E-state index in [1.807, 2.05) is 0 Å². The number of hydrogen-bond acceptors (Lipinski definition) is 5. The van der Waals surface area contributed by atoms with Gasteiger partial charge in [-0.3, -0.25) is 10.1 Å². The lowest BCUT2D eigenvalue weighted by atomic mass is 10.5. The number of rotatable bonds is 3. The summed E-state index contributed by atoms with van der Waals surface area (Å²) in [4.78, 5) is 17.1. The molecule has 0 spiro atoms. The van der Waals surface area contributed by atoms with E-state index < -0.39 is 4.92 Å². The van der Waals surface area contributed by atoms with E-state index in [0.29, 0.717) is 6.54 Å². The first kappa shape index (κ1) is 9.66.